The second-order valence-corrected chi connectivity index (χ2v) is 7.04. The highest BCUT2D eigenvalue weighted by molar-refractivity contribution is 5.95. The van der Waals surface area contributed by atoms with Crippen LogP contribution < -0.4 is 5.32 Å². The molecule has 0 bridgehead atoms. The van der Waals surface area contributed by atoms with Crippen molar-refractivity contribution in [2.24, 2.45) is 0 Å². The molecule has 2 aromatic rings. The number of rotatable bonds is 3. The Morgan fingerprint density at radius 3 is 2.00 bits per heavy atom. The molecule has 0 unspecified atom stereocenters. The van der Waals surface area contributed by atoms with Gasteiger partial charge in [0.25, 0.3) is 5.91 Å². The maximum absolute atomic E-state index is 12.7. The van der Waals surface area contributed by atoms with E-state index in [0.29, 0.717) is 38.2 Å². The van der Waals surface area contributed by atoms with Crippen molar-refractivity contribution >= 4 is 11.8 Å². The minimum absolute atomic E-state index is 0.0495. The number of benzene rings is 2. The highest BCUT2D eigenvalue weighted by Gasteiger charge is 2.50. The van der Waals surface area contributed by atoms with Crippen LogP contribution in [0.4, 0.5) is 0 Å². The normalized spacial score (nSPS) is 17.3. The van der Waals surface area contributed by atoms with E-state index in [-0.39, 0.29) is 11.8 Å². The second kappa shape index (κ2) is 11.5. The van der Waals surface area contributed by atoms with E-state index < -0.39 is 5.54 Å². The van der Waals surface area contributed by atoms with Crippen molar-refractivity contribution in [2.45, 2.75) is 52.6 Å². The number of amides is 2. The summed E-state index contributed by atoms with van der Waals surface area (Å²) >= 11 is 0. The van der Waals surface area contributed by atoms with Gasteiger partial charge in [0.1, 0.15) is 5.54 Å². The molecule has 2 heterocycles. The molecule has 2 aromatic carbocycles. The van der Waals surface area contributed by atoms with Crippen molar-refractivity contribution in [3.8, 4) is 0 Å². The highest BCUT2D eigenvalue weighted by atomic mass is 16.2. The predicted molar refractivity (Wildman–Crippen MR) is 122 cm³/mol. The zero-order chi connectivity index (χ0) is 22.0. The van der Waals surface area contributed by atoms with Crippen LogP contribution in [0.2, 0.25) is 0 Å². The molecule has 2 aliphatic heterocycles. The van der Waals surface area contributed by atoms with Gasteiger partial charge in [0.05, 0.1) is 6.67 Å². The molecular weight excluding hydrogens is 374 g/mol. The molecule has 0 aromatic heterocycles. The Kier molecular flexibility index (Phi) is 9.06. The third-order valence-corrected chi connectivity index (χ3v) is 5.57. The molecule has 1 N–H and O–H groups in total. The monoisotopic (exact) mass is 409 g/mol. The lowest BCUT2D eigenvalue weighted by Crippen LogP contribution is -2.56. The van der Waals surface area contributed by atoms with Crippen molar-refractivity contribution in [3.05, 3.63) is 71.8 Å². The van der Waals surface area contributed by atoms with E-state index in [0.717, 1.165) is 6.54 Å². The lowest BCUT2D eigenvalue weighted by molar-refractivity contribution is -0.129. The topological polar surface area (TPSA) is 52.7 Å². The number of piperidine rings is 1. The number of nitrogens with zero attached hydrogens (tertiary/aromatic N) is 2. The third-order valence-electron chi connectivity index (χ3n) is 5.57. The van der Waals surface area contributed by atoms with E-state index in [1.165, 1.54) is 5.56 Å². The quantitative estimate of drug-likeness (QED) is 0.822. The third kappa shape index (κ3) is 5.08. The van der Waals surface area contributed by atoms with Crippen LogP contribution in [0.25, 0.3) is 0 Å². The number of nitrogens with one attached hydrogen (secondary N) is 1. The number of hydrogen-bond acceptors (Lipinski definition) is 3. The van der Waals surface area contributed by atoms with Crippen LogP contribution in [-0.4, -0.2) is 46.9 Å². The summed E-state index contributed by atoms with van der Waals surface area (Å²) in [6, 6.07) is 19.6. The minimum Gasteiger partial charge on any atom is -0.342 e. The molecule has 1 spiro atoms. The summed E-state index contributed by atoms with van der Waals surface area (Å²) in [4.78, 5) is 29.4. The van der Waals surface area contributed by atoms with Crippen molar-refractivity contribution in [1.29, 1.82) is 0 Å². The Labute approximate surface area is 181 Å². The van der Waals surface area contributed by atoms with Gasteiger partial charge in [-0.2, -0.15) is 0 Å². The Morgan fingerprint density at radius 2 is 1.43 bits per heavy atom. The molecule has 4 rings (SSSR count). The first-order chi connectivity index (χ1) is 14.7. The average molecular weight is 410 g/mol. The van der Waals surface area contributed by atoms with Crippen molar-refractivity contribution in [3.63, 3.8) is 0 Å². The number of likely N-dealkylation sites (tertiary alicyclic amines) is 1. The summed E-state index contributed by atoms with van der Waals surface area (Å²) < 4.78 is 0. The van der Waals surface area contributed by atoms with Crippen LogP contribution in [-0.2, 0) is 11.3 Å². The summed E-state index contributed by atoms with van der Waals surface area (Å²) in [6.07, 6.45) is 1.34. The van der Waals surface area contributed by atoms with Gasteiger partial charge in [-0.25, -0.2) is 0 Å². The van der Waals surface area contributed by atoms with Crippen molar-refractivity contribution in [2.75, 3.05) is 19.8 Å². The molecule has 2 saturated heterocycles. The number of carbonyl (C=O) groups is 2. The zero-order valence-corrected chi connectivity index (χ0v) is 18.7. The summed E-state index contributed by atoms with van der Waals surface area (Å²) in [5, 5.41) is 3.01. The summed E-state index contributed by atoms with van der Waals surface area (Å²) in [6.45, 7) is 10.5. The minimum atomic E-state index is -0.497. The van der Waals surface area contributed by atoms with Gasteiger partial charge in [-0.15, -0.1) is 0 Å². The molecule has 5 nitrogen and oxygen atoms in total. The van der Waals surface area contributed by atoms with E-state index >= 15 is 0 Å². The SMILES string of the molecule is CC.CC.O=C(c1ccccc1)N1CCC2(CC1)C(=O)NCN2Cc1ccccc1. The van der Waals surface area contributed by atoms with E-state index in [9.17, 15) is 9.59 Å². The van der Waals surface area contributed by atoms with E-state index in [4.69, 9.17) is 0 Å². The lowest BCUT2D eigenvalue weighted by Gasteiger charge is -2.42. The van der Waals surface area contributed by atoms with Crippen LogP contribution in [0, 0.1) is 0 Å². The Balaban J connectivity index is 0.000000757. The van der Waals surface area contributed by atoms with Gasteiger partial charge in [-0.1, -0.05) is 76.2 Å². The Bertz CT molecular complexity index is 785. The summed E-state index contributed by atoms with van der Waals surface area (Å²) in [5.74, 6) is 0.147. The van der Waals surface area contributed by atoms with E-state index in [1.54, 1.807) is 0 Å². The van der Waals surface area contributed by atoms with Crippen LogP contribution in [0.3, 0.4) is 0 Å². The molecule has 0 atom stereocenters. The maximum atomic E-state index is 12.7. The van der Waals surface area contributed by atoms with Gasteiger partial charge in [0.15, 0.2) is 0 Å². The van der Waals surface area contributed by atoms with Gasteiger partial charge in [0.2, 0.25) is 5.91 Å². The second-order valence-electron chi connectivity index (χ2n) is 7.04. The molecule has 2 amide bonds. The standard InChI is InChI=1S/C21H23N3O2.2C2H6/c25-19(18-9-5-2-6-10-18)23-13-11-21(12-14-23)20(26)22-16-24(21)15-17-7-3-1-4-8-17;2*1-2/h1-10H,11-16H2,(H,22,26);2*1-2H3. The van der Waals surface area contributed by atoms with Crippen LogP contribution in [0.5, 0.6) is 0 Å². The molecule has 162 valence electrons. The van der Waals surface area contributed by atoms with Gasteiger partial charge < -0.3 is 10.2 Å². The average Bonchev–Trinajstić information content (AvgIpc) is 3.12. The van der Waals surface area contributed by atoms with Gasteiger partial charge in [0, 0.05) is 25.2 Å². The predicted octanol–water partition coefficient (Wildman–Crippen LogP) is 4.30. The molecular formula is C25H35N3O2. The molecule has 0 saturated carbocycles. The molecule has 0 aliphatic carbocycles. The zero-order valence-electron chi connectivity index (χ0n) is 18.7. The smallest absolute Gasteiger partial charge is 0.253 e. The molecule has 2 aliphatic rings. The first-order valence-electron chi connectivity index (χ1n) is 11.1. The van der Waals surface area contributed by atoms with Crippen molar-refractivity contribution < 1.29 is 9.59 Å². The highest BCUT2D eigenvalue weighted by Crippen LogP contribution is 2.34. The fourth-order valence-corrected chi connectivity index (χ4v) is 4.02. The number of hydrogen-bond donors (Lipinski definition) is 1. The van der Waals surface area contributed by atoms with Gasteiger partial charge in [-0.3, -0.25) is 14.5 Å². The summed E-state index contributed by atoms with van der Waals surface area (Å²) in [7, 11) is 0. The Morgan fingerprint density at radius 1 is 0.900 bits per heavy atom. The molecule has 30 heavy (non-hydrogen) atoms. The van der Waals surface area contributed by atoms with Crippen LogP contribution in [0.1, 0.15) is 56.5 Å². The van der Waals surface area contributed by atoms with Gasteiger partial charge >= 0.3 is 0 Å². The Hall–Kier alpha value is -2.66. The fourth-order valence-electron chi connectivity index (χ4n) is 4.02. The van der Waals surface area contributed by atoms with Crippen LogP contribution >= 0.6 is 0 Å². The first kappa shape index (κ1) is 23.6. The number of carbonyl (C=O) groups excluding carboxylic acids is 2. The van der Waals surface area contributed by atoms with Crippen molar-refractivity contribution in [1.82, 2.24) is 15.1 Å². The molecule has 2 fully saturated rings. The lowest BCUT2D eigenvalue weighted by atomic mass is 9.85. The molecule has 0 radical (unpaired) electrons. The first-order valence-corrected chi connectivity index (χ1v) is 11.1. The van der Waals surface area contributed by atoms with Crippen LogP contribution in [0.15, 0.2) is 60.7 Å². The maximum Gasteiger partial charge on any atom is 0.253 e. The van der Waals surface area contributed by atoms with Gasteiger partial charge in [-0.05, 0) is 30.5 Å². The summed E-state index contributed by atoms with van der Waals surface area (Å²) in [5.41, 5.74) is 1.41. The van der Waals surface area contributed by atoms with E-state index in [2.05, 4.69) is 22.3 Å². The fraction of sp³-hybridized carbons (Fsp3) is 0.440. The molecule has 5 heteroatoms. The largest absolute Gasteiger partial charge is 0.342 e. The van der Waals surface area contributed by atoms with E-state index in [1.807, 2.05) is 81.1 Å².